The maximum atomic E-state index is 14.6. The van der Waals surface area contributed by atoms with E-state index in [1.54, 1.807) is 6.20 Å². The van der Waals surface area contributed by atoms with Gasteiger partial charge in [0.2, 0.25) is 0 Å². The van der Waals surface area contributed by atoms with Crippen LogP contribution >= 0.6 is 0 Å². The molecule has 0 amide bonds. The van der Waals surface area contributed by atoms with Gasteiger partial charge in [-0.3, -0.25) is 15.1 Å². The number of hydrogen-bond acceptors (Lipinski definition) is 6. The van der Waals surface area contributed by atoms with Crippen LogP contribution in [0.1, 0.15) is 5.56 Å². The van der Waals surface area contributed by atoms with E-state index >= 15 is 0 Å². The number of imidazole rings is 1. The number of aromatic nitrogens is 6. The first-order valence-electron chi connectivity index (χ1n) is 12.4. The predicted molar refractivity (Wildman–Crippen MR) is 149 cm³/mol. The van der Waals surface area contributed by atoms with E-state index in [1.165, 1.54) is 12.1 Å². The fraction of sp³-hybridized carbons (Fsp3) is 0.172. The molecular weight excluding hydrogens is 479 g/mol. The molecule has 0 radical (unpaired) electrons. The minimum absolute atomic E-state index is 0.333. The maximum absolute atomic E-state index is 14.6. The summed E-state index contributed by atoms with van der Waals surface area (Å²) >= 11 is 0. The largest absolute Gasteiger partial charge is 0.384 e. The summed E-state index contributed by atoms with van der Waals surface area (Å²) < 4.78 is 14.6. The molecule has 4 heterocycles. The Bertz CT molecular complexity index is 1770. The van der Waals surface area contributed by atoms with Crippen molar-refractivity contribution >= 4 is 27.6 Å². The van der Waals surface area contributed by atoms with Gasteiger partial charge >= 0.3 is 0 Å². The number of rotatable bonds is 7. The molecule has 190 valence electrons. The second kappa shape index (κ2) is 9.68. The summed E-state index contributed by atoms with van der Waals surface area (Å²) in [5, 5.41) is 11.9. The van der Waals surface area contributed by atoms with E-state index in [-0.39, 0.29) is 5.82 Å². The number of pyridine rings is 2. The van der Waals surface area contributed by atoms with E-state index < -0.39 is 0 Å². The molecule has 0 spiro atoms. The molecule has 0 unspecified atom stereocenters. The molecule has 0 saturated carbocycles. The first kappa shape index (κ1) is 23.7. The fourth-order valence-electron chi connectivity index (χ4n) is 4.60. The molecule has 0 aliphatic rings. The highest BCUT2D eigenvalue weighted by molar-refractivity contribution is 5.97. The summed E-state index contributed by atoms with van der Waals surface area (Å²) in [6.07, 6.45) is 5.40. The number of nitrogens with one attached hydrogen (secondary N) is 3. The Morgan fingerprint density at radius 1 is 0.921 bits per heavy atom. The molecule has 0 atom stereocenters. The van der Waals surface area contributed by atoms with Crippen molar-refractivity contribution in [1.82, 2.24) is 35.0 Å². The lowest BCUT2D eigenvalue weighted by molar-refractivity contribution is 0.425. The van der Waals surface area contributed by atoms with Crippen molar-refractivity contribution in [2.24, 2.45) is 0 Å². The molecule has 0 bridgehead atoms. The average molecular weight is 507 g/mol. The topological polar surface area (TPSA) is 98.4 Å². The lowest BCUT2D eigenvalue weighted by Gasteiger charge is -2.12. The Labute approximate surface area is 219 Å². The van der Waals surface area contributed by atoms with E-state index in [4.69, 9.17) is 4.98 Å². The summed E-state index contributed by atoms with van der Waals surface area (Å²) in [6, 6.07) is 15.0. The van der Waals surface area contributed by atoms with Crippen molar-refractivity contribution in [1.29, 1.82) is 0 Å². The van der Waals surface area contributed by atoms with Crippen molar-refractivity contribution in [2.45, 2.75) is 6.92 Å². The van der Waals surface area contributed by atoms with Crippen molar-refractivity contribution in [2.75, 3.05) is 32.5 Å². The normalized spacial score (nSPS) is 11.6. The van der Waals surface area contributed by atoms with Gasteiger partial charge in [0.05, 0.1) is 16.7 Å². The number of benzene rings is 2. The zero-order valence-electron chi connectivity index (χ0n) is 21.4. The zero-order chi connectivity index (χ0) is 26.2. The second-order valence-electron chi connectivity index (χ2n) is 9.68. The van der Waals surface area contributed by atoms with Gasteiger partial charge in [0.1, 0.15) is 17.0 Å². The minimum Gasteiger partial charge on any atom is -0.384 e. The molecule has 0 fully saturated rings. The average Bonchev–Trinajstić information content (AvgIpc) is 3.51. The number of anilines is 1. The standard InChI is InChI=1S/C29H27FN8/c1-17-10-20(16-31-15-17)18-4-5-24-23(13-18)27(37-36-24)29-34-25-6-7-33-26(28(25)35-29)19-11-21(30)14-22(12-19)32-8-9-38(2)3/h4-7,10-16,32H,8-9H2,1-3H3,(H,34,35)(H,36,37). The van der Waals surface area contributed by atoms with Crippen LogP contribution in [-0.4, -0.2) is 62.2 Å². The van der Waals surface area contributed by atoms with Gasteiger partial charge in [0.25, 0.3) is 0 Å². The number of nitrogens with zero attached hydrogens (tertiary/aromatic N) is 5. The van der Waals surface area contributed by atoms with E-state index in [9.17, 15) is 4.39 Å². The van der Waals surface area contributed by atoms with Gasteiger partial charge in [-0.05, 0) is 74.6 Å². The van der Waals surface area contributed by atoms with Crippen LogP contribution in [0.15, 0.2) is 67.1 Å². The Morgan fingerprint density at radius 2 is 1.82 bits per heavy atom. The Balaban J connectivity index is 1.40. The van der Waals surface area contributed by atoms with E-state index in [0.717, 1.165) is 39.7 Å². The summed E-state index contributed by atoms with van der Waals surface area (Å²) in [5.41, 5.74) is 8.20. The molecule has 4 aromatic heterocycles. The van der Waals surface area contributed by atoms with Crippen molar-refractivity contribution in [3.63, 3.8) is 0 Å². The maximum Gasteiger partial charge on any atom is 0.159 e. The molecular formula is C29H27FN8. The lowest BCUT2D eigenvalue weighted by atomic mass is 10.0. The Kier molecular flexibility index (Phi) is 6.05. The lowest BCUT2D eigenvalue weighted by Crippen LogP contribution is -2.20. The number of aryl methyl sites for hydroxylation is 1. The van der Waals surface area contributed by atoms with Gasteiger partial charge in [0, 0.05) is 53.9 Å². The highest BCUT2D eigenvalue weighted by atomic mass is 19.1. The van der Waals surface area contributed by atoms with Crippen LogP contribution in [0.4, 0.5) is 10.1 Å². The highest BCUT2D eigenvalue weighted by Gasteiger charge is 2.17. The minimum atomic E-state index is -0.333. The summed E-state index contributed by atoms with van der Waals surface area (Å²) in [5.74, 6) is 0.279. The first-order chi connectivity index (χ1) is 18.4. The van der Waals surface area contributed by atoms with Crippen molar-refractivity contribution in [3.8, 4) is 33.9 Å². The summed E-state index contributed by atoms with van der Waals surface area (Å²) in [6.45, 7) is 3.56. The van der Waals surface area contributed by atoms with Gasteiger partial charge in [-0.1, -0.05) is 6.07 Å². The molecule has 2 aromatic carbocycles. The molecule has 0 saturated heterocycles. The Morgan fingerprint density at radius 3 is 2.66 bits per heavy atom. The van der Waals surface area contributed by atoms with Crippen LogP contribution in [0.25, 0.3) is 55.8 Å². The smallest absolute Gasteiger partial charge is 0.159 e. The van der Waals surface area contributed by atoms with Crippen LogP contribution in [0.3, 0.4) is 0 Å². The highest BCUT2D eigenvalue weighted by Crippen LogP contribution is 2.33. The molecule has 0 aliphatic heterocycles. The SMILES string of the molecule is Cc1cncc(-c2ccc3[nH]nc(-c4nc5c(-c6cc(F)cc(NCCN(C)C)c6)nccc5[nH]4)c3c2)c1. The molecule has 0 aliphatic carbocycles. The van der Waals surface area contributed by atoms with E-state index in [1.807, 2.05) is 51.6 Å². The number of hydrogen-bond donors (Lipinski definition) is 3. The van der Waals surface area contributed by atoms with Gasteiger partial charge < -0.3 is 15.2 Å². The summed E-state index contributed by atoms with van der Waals surface area (Å²) in [7, 11) is 4.00. The zero-order valence-corrected chi connectivity index (χ0v) is 21.4. The number of halogens is 1. The van der Waals surface area contributed by atoms with E-state index in [2.05, 4.69) is 53.6 Å². The molecule has 38 heavy (non-hydrogen) atoms. The van der Waals surface area contributed by atoms with Crippen LogP contribution in [0.2, 0.25) is 0 Å². The van der Waals surface area contributed by atoms with Crippen molar-refractivity contribution < 1.29 is 4.39 Å². The van der Waals surface area contributed by atoms with Gasteiger partial charge in [-0.2, -0.15) is 5.10 Å². The third kappa shape index (κ3) is 4.59. The van der Waals surface area contributed by atoms with Gasteiger partial charge in [-0.15, -0.1) is 0 Å². The third-order valence-corrected chi connectivity index (χ3v) is 6.46. The van der Waals surface area contributed by atoms with Crippen LogP contribution in [0.5, 0.6) is 0 Å². The summed E-state index contributed by atoms with van der Waals surface area (Å²) in [4.78, 5) is 19.2. The molecule has 6 rings (SSSR count). The molecule has 9 heteroatoms. The molecule has 3 N–H and O–H groups in total. The number of fused-ring (bicyclic) bond motifs is 2. The quantitative estimate of drug-likeness (QED) is 0.259. The van der Waals surface area contributed by atoms with Gasteiger partial charge in [-0.25, -0.2) is 9.37 Å². The number of H-pyrrole nitrogens is 2. The Hall–Kier alpha value is -4.63. The first-order valence-corrected chi connectivity index (χ1v) is 12.4. The van der Waals surface area contributed by atoms with Crippen LogP contribution in [-0.2, 0) is 0 Å². The van der Waals surface area contributed by atoms with Crippen LogP contribution in [0, 0.1) is 12.7 Å². The number of aromatic amines is 2. The van der Waals surface area contributed by atoms with Crippen molar-refractivity contribution in [3.05, 3.63) is 78.5 Å². The molecule has 8 nitrogen and oxygen atoms in total. The monoisotopic (exact) mass is 506 g/mol. The molecule has 6 aromatic rings. The predicted octanol–water partition coefficient (Wildman–Crippen LogP) is 5.65. The van der Waals surface area contributed by atoms with Crippen LogP contribution < -0.4 is 5.32 Å². The fourth-order valence-corrected chi connectivity index (χ4v) is 4.60. The second-order valence-corrected chi connectivity index (χ2v) is 9.68. The third-order valence-electron chi connectivity index (χ3n) is 6.46. The van der Waals surface area contributed by atoms with Gasteiger partial charge in [0.15, 0.2) is 5.82 Å². The number of likely N-dealkylation sites (N-methyl/N-ethyl adjacent to an activating group) is 1. The van der Waals surface area contributed by atoms with E-state index in [0.29, 0.717) is 40.5 Å².